The summed E-state index contributed by atoms with van der Waals surface area (Å²) in [6, 6.07) is 0. The van der Waals surface area contributed by atoms with Gasteiger partial charge < -0.3 is 9.47 Å². The van der Waals surface area contributed by atoms with Crippen molar-refractivity contribution in [3.8, 4) is 0 Å². The number of carbonyl (C=O) groups is 1. The van der Waals surface area contributed by atoms with Crippen LogP contribution < -0.4 is 0 Å². The normalized spacial score (nSPS) is 20.3. The fourth-order valence-electron chi connectivity index (χ4n) is 3.53. The number of rotatable bonds is 4. The van der Waals surface area contributed by atoms with E-state index in [4.69, 9.17) is 0 Å². The summed E-state index contributed by atoms with van der Waals surface area (Å²) in [7, 11) is 2.04. The van der Waals surface area contributed by atoms with Crippen LogP contribution in [-0.2, 0) is 11.8 Å². The van der Waals surface area contributed by atoms with E-state index >= 15 is 0 Å². The van der Waals surface area contributed by atoms with Gasteiger partial charge in [0.2, 0.25) is 5.91 Å². The number of thioether (sulfide) groups is 1. The summed E-state index contributed by atoms with van der Waals surface area (Å²) in [5, 5.41) is 9.59. The fourth-order valence-corrected chi connectivity index (χ4v) is 4.35. The van der Waals surface area contributed by atoms with E-state index in [-0.39, 0.29) is 5.91 Å². The number of likely N-dealkylation sites (tertiary alicyclic amines) is 1. The van der Waals surface area contributed by atoms with E-state index in [0.717, 1.165) is 36.9 Å². The van der Waals surface area contributed by atoms with Crippen molar-refractivity contribution in [2.24, 2.45) is 7.05 Å². The lowest BCUT2D eigenvalue weighted by molar-refractivity contribution is -0.129. The molecule has 1 aliphatic carbocycles. The van der Waals surface area contributed by atoms with E-state index in [2.05, 4.69) is 14.8 Å². The van der Waals surface area contributed by atoms with Crippen molar-refractivity contribution in [2.75, 3.05) is 18.8 Å². The van der Waals surface area contributed by atoms with E-state index in [1.807, 2.05) is 11.9 Å². The first kappa shape index (κ1) is 15.8. The molecule has 0 spiro atoms. The van der Waals surface area contributed by atoms with Crippen LogP contribution in [0.3, 0.4) is 0 Å². The second-order valence-electron chi connectivity index (χ2n) is 6.46. The average Bonchev–Trinajstić information content (AvgIpc) is 2.95. The van der Waals surface area contributed by atoms with E-state index in [1.54, 1.807) is 0 Å². The van der Waals surface area contributed by atoms with Gasteiger partial charge in [0.15, 0.2) is 5.16 Å². The molecule has 0 N–H and O–H groups in total. The molecule has 2 fully saturated rings. The summed E-state index contributed by atoms with van der Waals surface area (Å²) in [6.07, 6.45) is 9.94. The first-order chi connectivity index (χ1) is 10.8. The highest BCUT2D eigenvalue weighted by atomic mass is 32.2. The molecule has 0 radical (unpaired) electrons. The molecular formula is C16H26N4OS. The third kappa shape index (κ3) is 3.65. The van der Waals surface area contributed by atoms with E-state index in [0.29, 0.717) is 11.7 Å². The molecular weight excluding hydrogens is 296 g/mol. The predicted molar refractivity (Wildman–Crippen MR) is 88.0 cm³/mol. The van der Waals surface area contributed by atoms with Crippen LogP contribution in [0, 0.1) is 0 Å². The molecule has 2 aliphatic rings. The van der Waals surface area contributed by atoms with Gasteiger partial charge in [-0.1, -0.05) is 31.0 Å². The molecule has 1 aromatic rings. The lowest BCUT2D eigenvalue weighted by atomic mass is 9.89. The third-order valence-electron chi connectivity index (χ3n) is 4.87. The van der Waals surface area contributed by atoms with Crippen LogP contribution in [0.15, 0.2) is 5.16 Å². The summed E-state index contributed by atoms with van der Waals surface area (Å²) in [6.45, 7) is 1.84. The molecule has 0 unspecified atom stereocenters. The Bertz CT molecular complexity index is 504. The maximum atomic E-state index is 12.2. The summed E-state index contributed by atoms with van der Waals surface area (Å²) in [5.74, 6) is 2.38. The topological polar surface area (TPSA) is 51.0 Å². The molecule has 1 amide bonds. The van der Waals surface area contributed by atoms with Crippen molar-refractivity contribution in [2.45, 2.75) is 62.4 Å². The molecule has 1 aliphatic heterocycles. The van der Waals surface area contributed by atoms with E-state index in [9.17, 15) is 4.79 Å². The molecule has 0 aromatic carbocycles. The monoisotopic (exact) mass is 322 g/mol. The number of amides is 1. The minimum atomic E-state index is 0.243. The van der Waals surface area contributed by atoms with Crippen molar-refractivity contribution >= 4 is 17.7 Å². The summed E-state index contributed by atoms with van der Waals surface area (Å²) in [5.41, 5.74) is 0. The Morgan fingerprint density at radius 3 is 2.50 bits per heavy atom. The summed E-state index contributed by atoms with van der Waals surface area (Å²) in [4.78, 5) is 14.2. The summed E-state index contributed by atoms with van der Waals surface area (Å²) >= 11 is 1.53. The lowest BCUT2D eigenvalue weighted by Crippen LogP contribution is -2.36. The first-order valence-corrected chi connectivity index (χ1v) is 9.54. The quantitative estimate of drug-likeness (QED) is 0.800. The Labute approximate surface area is 136 Å². The highest BCUT2D eigenvalue weighted by Gasteiger charge is 2.23. The number of aromatic nitrogens is 3. The molecule has 1 aromatic heterocycles. The van der Waals surface area contributed by atoms with Crippen LogP contribution in [0.5, 0.6) is 0 Å². The highest BCUT2D eigenvalue weighted by Crippen LogP contribution is 2.32. The van der Waals surface area contributed by atoms with Gasteiger partial charge in [0.25, 0.3) is 0 Å². The molecule has 0 bridgehead atoms. The van der Waals surface area contributed by atoms with Crippen molar-refractivity contribution in [1.82, 2.24) is 19.7 Å². The molecule has 122 valence electrons. The largest absolute Gasteiger partial charge is 0.342 e. The Kier molecular flexibility index (Phi) is 5.39. The number of hydrogen-bond acceptors (Lipinski definition) is 4. The molecule has 3 rings (SSSR count). The van der Waals surface area contributed by atoms with Crippen LogP contribution in [0.1, 0.15) is 63.1 Å². The standard InChI is InChI=1S/C16H26N4OS/c1-19-15(13-8-4-2-5-9-13)17-18-16(19)22-12-14(21)20-10-6-3-7-11-20/h13H,2-12H2,1H3. The van der Waals surface area contributed by atoms with Gasteiger partial charge in [-0.05, 0) is 32.1 Å². The average molecular weight is 322 g/mol. The first-order valence-electron chi connectivity index (χ1n) is 8.55. The van der Waals surface area contributed by atoms with Gasteiger partial charge in [0.1, 0.15) is 5.82 Å². The molecule has 2 heterocycles. The van der Waals surface area contributed by atoms with Crippen molar-refractivity contribution in [3.05, 3.63) is 5.82 Å². The Morgan fingerprint density at radius 2 is 1.77 bits per heavy atom. The Hall–Kier alpha value is -1.04. The third-order valence-corrected chi connectivity index (χ3v) is 5.88. The summed E-state index contributed by atoms with van der Waals surface area (Å²) < 4.78 is 2.10. The maximum Gasteiger partial charge on any atom is 0.233 e. The number of carbonyl (C=O) groups excluding carboxylic acids is 1. The Balaban J connectivity index is 1.56. The number of piperidine rings is 1. The zero-order valence-corrected chi connectivity index (χ0v) is 14.3. The predicted octanol–water partition coefficient (Wildman–Crippen LogP) is 2.97. The van der Waals surface area contributed by atoms with Gasteiger partial charge in [0, 0.05) is 26.1 Å². The van der Waals surface area contributed by atoms with Crippen LogP contribution in [0.2, 0.25) is 0 Å². The van der Waals surface area contributed by atoms with Crippen molar-refractivity contribution in [3.63, 3.8) is 0 Å². The molecule has 6 heteroatoms. The second-order valence-corrected chi connectivity index (χ2v) is 7.41. The smallest absolute Gasteiger partial charge is 0.233 e. The minimum absolute atomic E-state index is 0.243. The zero-order valence-electron chi connectivity index (χ0n) is 13.5. The van der Waals surface area contributed by atoms with Crippen LogP contribution in [0.25, 0.3) is 0 Å². The van der Waals surface area contributed by atoms with Crippen LogP contribution in [0.4, 0.5) is 0 Å². The molecule has 0 atom stereocenters. The van der Waals surface area contributed by atoms with Crippen molar-refractivity contribution < 1.29 is 4.79 Å². The number of nitrogens with zero attached hydrogens (tertiary/aromatic N) is 4. The zero-order chi connectivity index (χ0) is 15.4. The molecule has 1 saturated carbocycles. The van der Waals surface area contributed by atoms with Gasteiger partial charge in [-0.15, -0.1) is 10.2 Å². The molecule has 1 saturated heterocycles. The number of hydrogen-bond donors (Lipinski definition) is 0. The van der Waals surface area contributed by atoms with E-state index < -0.39 is 0 Å². The van der Waals surface area contributed by atoms with Crippen LogP contribution >= 0.6 is 11.8 Å². The van der Waals surface area contributed by atoms with Gasteiger partial charge in [-0.2, -0.15) is 0 Å². The van der Waals surface area contributed by atoms with Gasteiger partial charge in [-0.3, -0.25) is 4.79 Å². The molecule has 5 nitrogen and oxygen atoms in total. The Morgan fingerprint density at radius 1 is 1.09 bits per heavy atom. The highest BCUT2D eigenvalue weighted by molar-refractivity contribution is 7.99. The second kappa shape index (κ2) is 7.49. The SMILES string of the molecule is Cn1c(SCC(=O)N2CCCCC2)nnc1C1CCCCC1. The van der Waals surface area contributed by atoms with Crippen molar-refractivity contribution in [1.29, 1.82) is 0 Å². The van der Waals surface area contributed by atoms with Gasteiger partial charge in [0.05, 0.1) is 5.75 Å². The molecule has 22 heavy (non-hydrogen) atoms. The van der Waals surface area contributed by atoms with Crippen LogP contribution in [-0.4, -0.2) is 44.4 Å². The minimum Gasteiger partial charge on any atom is -0.342 e. The maximum absolute atomic E-state index is 12.2. The fraction of sp³-hybridized carbons (Fsp3) is 0.812. The lowest BCUT2D eigenvalue weighted by Gasteiger charge is -2.26. The van der Waals surface area contributed by atoms with Gasteiger partial charge >= 0.3 is 0 Å². The van der Waals surface area contributed by atoms with E-state index in [1.165, 1.54) is 50.3 Å². The van der Waals surface area contributed by atoms with Gasteiger partial charge in [-0.25, -0.2) is 0 Å².